The van der Waals surface area contributed by atoms with E-state index in [4.69, 9.17) is 9.47 Å². The number of fused-ring (bicyclic) bond motifs is 1. The lowest BCUT2D eigenvalue weighted by Gasteiger charge is -2.35. The zero-order valence-corrected chi connectivity index (χ0v) is 9.83. The van der Waals surface area contributed by atoms with Crippen LogP contribution >= 0.6 is 0 Å². The van der Waals surface area contributed by atoms with Gasteiger partial charge in [0.1, 0.15) is 12.7 Å². The largest absolute Gasteiger partial charge is 0.486 e. The van der Waals surface area contributed by atoms with E-state index in [0.29, 0.717) is 6.61 Å². The van der Waals surface area contributed by atoms with Crippen LogP contribution in [-0.4, -0.2) is 12.7 Å². The minimum absolute atomic E-state index is 0.113. The zero-order valence-electron chi connectivity index (χ0n) is 9.83. The fraction of sp³-hybridized carbons (Fsp3) is 0.538. The highest BCUT2D eigenvalue weighted by molar-refractivity contribution is 5.43. The molecule has 0 spiro atoms. The van der Waals surface area contributed by atoms with Crippen LogP contribution < -0.4 is 9.47 Å². The van der Waals surface area contributed by atoms with E-state index in [-0.39, 0.29) is 11.5 Å². The maximum absolute atomic E-state index is 5.95. The number of rotatable bonds is 0. The summed E-state index contributed by atoms with van der Waals surface area (Å²) in [4.78, 5) is 0. The molecular weight excluding hydrogens is 188 g/mol. The van der Waals surface area contributed by atoms with Gasteiger partial charge in [-0.2, -0.15) is 0 Å². The molecule has 1 unspecified atom stereocenters. The summed E-state index contributed by atoms with van der Waals surface area (Å²) < 4.78 is 11.6. The van der Waals surface area contributed by atoms with E-state index >= 15 is 0 Å². The molecule has 1 aliphatic rings. The van der Waals surface area contributed by atoms with Crippen LogP contribution in [0.3, 0.4) is 0 Å². The molecular formula is C13H18O2. The van der Waals surface area contributed by atoms with Crippen molar-refractivity contribution < 1.29 is 9.47 Å². The second kappa shape index (κ2) is 3.44. The maximum Gasteiger partial charge on any atom is 0.162 e. The maximum atomic E-state index is 5.95. The Morgan fingerprint density at radius 3 is 2.60 bits per heavy atom. The summed E-state index contributed by atoms with van der Waals surface area (Å²) in [7, 11) is 0. The predicted molar refractivity (Wildman–Crippen MR) is 60.5 cm³/mol. The second-order valence-corrected chi connectivity index (χ2v) is 5.23. The van der Waals surface area contributed by atoms with Crippen molar-refractivity contribution in [2.24, 2.45) is 5.41 Å². The van der Waals surface area contributed by atoms with Gasteiger partial charge in [-0.15, -0.1) is 0 Å². The van der Waals surface area contributed by atoms with Gasteiger partial charge in [0, 0.05) is 5.41 Å². The third-order valence-electron chi connectivity index (χ3n) is 2.72. The molecule has 1 aromatic carbocycles. The van der Waals surface area contributed by atoms with Gasteiger partial charge in [0.25, 0.3) is 0 Å². The van der Waals surface area contributed by atoms with E-state index in [9.17, 15) is 0 Å². The molecule has 0 amide bonds. The Hall–Kier alpha value is -1.18. The fourth-order valence-corrected chi connectivity index (χ4v) is 1.61. The summed E-state index contributed by atoms with van der Waals surface area (Å²) in [5, 5.41) is 0. The topological polar surface area (TPSA) is 18.5 Å². The summed E-state index contributed by atoms with van der Waals surface area (Å²) in [6, 6.07) is 6.05. The highest BCUT2D eigenvalue weighted by Crippen LogP contribution is 2.36. The van der Waals surface area contributed by atoms with Crippen molar-refractivity contribution in [3.8, 4) is 11.5 Å². The average Bonchev–Trinajstić information content (AvgIpc) is 2.15. The lowest BCUT2D eigenvalue weighted by atomic mass is 9.89. The number of hydrogen-bond acceptors (Lipinski definition) is 2. The van der Waals surface area contributed by atoms with Gasteiger partial charge in [-0.3, -0.25) is 0 Å². The second-order valence-electron chi connectivity index (χ2n) is 5.23. The third kappa shape index (κ3) is 2.09. The molecule has 0 N–H and O–H groups in total. The summed E-state index contributed by atoms with van der Waals surface area (Å²) in [5.41, 5.74) is 1.31. The van der Waals surface area contributed by atoms with Crippen molar-refractivity contribution in [3.63, 3.8) is 0 Å². The Morgan fingerprint density at radius 1 is 1.20 bits per heavy atom. The van der Waals surface area contributed by atoms with Crippen LogP contribution in [0.1, 0.15) is 26.3 Å². The molecule has 82 valence electrons. The molecule has 0 bridgehead atoms. The van der Waals surface area contributed by atoms with E-state index in [0.717, 1.165) is 11.5 Å². The minimum Gasteiger partial charge on any atom is -0.486 e. The summed E-state index contributed by atoms with van der Waals surface area (Å²) in [5.74, 6) is 1.74. The van der Waals surface area contributed by atoms with Crippen molar-refractivity contribution in [1.29, 1.82) is 0 Å². The van der Waals surface area contributed by atoms with Gasteiger partial charge < -0.3 is 9.47 Å². The molecule has 1 heterocycles. The normalized spacial score (nSPS) is 20.1. The number of ether oxygens (including phenoxy) is 2. The zero-order chi connectivity index (χ0) is 11.1. The van der Waals surface area contributed by atoms with E-state index < -0.39 is 0 Å². The molecule has 2 heteroatoms. The van der Waals surface area contributed by atoms with Crippen molar-refractivity contribution in [1.82, 2.24) is 0 Å². The molecule has 0 saturated carbocycles. The van der Waals surface area contributed by atoms with Crippen molar-refractivity contribution in [2.75, 3.05) is 6.61 Å². The molecule has 1 aliphatic heterocycles. The first kappa shape index (κ1) is 10.3. The molecule has 0 aliphatic carbocycles. The Balaban J connectivity index is 2.26. The van der Waals surface area contributed by atoms with Crippen molar-refractivity contribution in [2.45, 2.75) is 33.8 Å². The standard InChI is InChI=1S/C13H18O2/c1-9-5-6-10-11(7-9)15-12(8-14-10)13(2,3)4/h5-7,12H,8H2,1-4H3. The molecule has 1 aromatic rings. The van der Waals surface area contributed by atoms with Gasteiger partial charge in [0.05, 0.1) is 0 Å². The minimum atomic E-state index is 0.113. The molecule has 2 nitrogen and oxygen atoms in total. The predicted octanol–water partition coefficient (Wildman–Crippen LogP) is 3.18. The lowest BCUT2D eigenvalue weighted by molar-refractivity contribution is 0.0163. The first-order valence-corrected chi connectivity index (χ1v) is 5.37. The molecule has 0 aromatic heterocycles. The Bertz CT molecular complexity index is 363. The summed E-state index contributed by atoms with van der Waals surface area (Å²) in [6.45, 7) is 9.20. The van der Waals surface area contributed by atoms with Crippen LogP contribution in [0.2, 0.25) is 0 Å². The van der Waals surface area contributed by atoms with Crippen LogP contribution in [0.25, 0.3) is 0 Å². The quantitative estimate of drug-likeness (QED) is 0.649. The summed E-state index contributed by atoms with van der Waals surface area (Å²) in [6.07, 6.45) is 0.131. The number of aryl methyl sites for hydroxylation is 1. The van der Waals surface area contributed by atoms with Gasteiger partial charge in [0.15, 0.2) is 11.5 Å². The molecule has 0 fully saturated rings. The monoisotopic (exact) mass is 206 g/mol. The van der Waals surface area contributed by atoms with Gasteiger partial charge >= 0.3 is 0 Å². The highest BCUT2D eigenvalue weighted by Gasteiger charge is 2.31. The molecule has 1 atom stereocenters. The Labute approximate surface area is 91.2 Å². The first-order chi connectivity index (χ1) is 6.97. The van der Waals surface area contributed by atoms with Crippen molar-refractivity contribution >= 4 is 0 Å². The molecule has 15 heavy (non-hydrogen) atoms. The van der Waals surface area contributed by atoms with E-state index in [1.807, 2.05) is 18.2 Å². The van der Waals surface area contributed by atoms with Crippen LogP contribution in [0.5, 0.6) is 11.5 Å². The first-order valence-electron chi connectivity index (χ1n) is 5.37. The smallest absolute Gasteiger partial charge is 0.162 e. The van der Waals surface area contributed by atoms with Crippen LogP contribution in [0.15, 0.2) is 18.2 Å². The van der Waals surface area contributed by atoms with Gasteiger partial charge in [-0.1, -0.05) is 26.8 Å². The van der Waals surface area contributed by atoms with E-state index in [1.54, 1.807) is 0 Å². The number of hydrogen-bond donors (Lipinski definition) is 0. The van der Waals surface area contributed by atoms with E-state index in [1.165, 1.54) is 5.56 Å². The van der Waals surface area contributed by atoms with Crippen LogP contribution in [0.4, 0.5) is 0 Å². The molecule has 0 saturated heterocycles. The molecule has 2 rings (SSSR count). The van der Waals surface area contributed by atoms with Crippen molar-refractivity contribution in [3.05, 3.63) is 23.8 Å². The summed E-state index contributed by atoms with van der Waals surface area (Å²) >= 11 is 0. The van der Waals surface area contributed by atoms with Crippen LogP contribution in [-0.2, 0) is 0 Å². The van der Waals surface area contributed by atoms with Crippen LogP contribution in [0, 0.1) is 12.3 Å². The van der Waals surface area contributed by atoms with Gasteiger partial charge in [-0.25, -0.2) is 0 Å². The lowest BCUT2D eigenvalue weighted by Crippen LogP contribution is -2.39. The SMILES string of the molecule is Cc1ccc2c(c1)OC(C(C)(C)C)CO2. The molecule has 0 radical (unpaired) electrons. The third-order valence-corrected chi connectivity index (χ3v) is 2.72. The Kier molecular flexibility index (Phi) is 2.37. The fourth-order valence-electron chi connectivity index (χ4n) is 1.61. The Morgan fingerprint density at radius 2 is 1.93 bits per heavy atom. The van der Waals surface area contributed by atoms with Gasteiger partial charge in [-0.05, 0) is 24.6 Å². The van der Waals surface area contributed by atoms with E-state index in [2.05, 4.69) is 27.7 Å². The average molecular weight is 206 g/mol. The number of benzene rings is 1. The highest BCUT2D eigenvalue weighted by atomic mass is 16.6. The van der Waals surface area contributed by atoms with Gasteiger partial charge in [0.2, 0.25) is 0 Å².